The highest BCUT2D eigenvalue weighted by Gasteiger charge is 2.27. The van der Waals surface area contributed by atoms with Crippen molar-refractivity contribution in [3.05, 3.63) is 65.7 Å². The topological polar surface area (TPSA) is 63.4 Å². The van der Waals surface area contributed by atoms with E-state index in [4.69, 9.17) is 5.73 Å². The molecule has 0 fully saturated rings. The standard InChI is InChI=1S/C20H26N2O2S.ClH/c1-14(19(21)17-8-6-5-7-9-17)20(23)22(3)15(2)16-10-12-18(13-11-16)25(4)24;/h5-15,19H,21H2,1-4H3;1H. The molecular weight excluding hydrogens is 368 g/mol. The van der Waals surface area contributed by atoms with Gasteiger partial charge in [-0.1, -0.05) is 49.4 Å². The summed E-state index contributed by atoms with van der Waals surface area (Å²) in [7, 11) is 0.797. The number of hydrogen-bond acceptors (Lipinski definition) is 3. The molecule has 4 atom stereocenters. The van der Waals surface area contributed by atoms with Crippen molar-refractivity contribution in [2.45, 2.75) is 30.8 Å². The maximum absolute atomic E-state index is 12.8. The largest absolute Gasteiger partial charge is 0.339 e. The van der Waals surface area contributed by atoms with E-state index in [-0.39, 0.29) is 36.3 Å². The van der Waals surface area contributed by atoms with Crippen molar-refractivity contribution in [3.63, 3.8) is 0 Å². The van der Waals surface area contributed by atoms with E-state index in [2.05, 4.69) is 0 Å². The van der Waals surface area contributed by atoms with Crippen molar-refractivity contribution in [2.24, 2.45) is 11.7 Å². The number of hydrogen-bond donors (Lipinski definition) is 1. The minimum Gasteiger partial charge on any atom is -0.339 e. The van der Waals surface area contributed by atoms with Crippen molar-refractivity contribution in [1.29, 1.82) is 0 Å². The van der Waals surface area contributed by atoms with Crippen molar-refractivity contribution in [1.82, 2.24) is 4.90 Å². The average Bonchev–Trinajstić information content (AvgIpc) is 2.65. The van der Waals surface area contributed by atoms with E-state index < -0.39 is 10.8 Å². The Morgan fingerprint density at radius 1 is 1.00 bits per heavy atom. The van der Waals surface area contributed by atoms with Gasteiger partial charge < -0.3 is 10.6 Å². The maximum Gasteiger partial charge on any atom is 0.227 e. The molecule has 2 N–H and O–H groups in total. The summed E-state index contributed by atoms with van der Waals surface area (Å²) >= 11 is 0. The van der Waals surface area contributed by atoms with Crippen LogP contribution in [0.15, 0.2) is 59.5 Å². The monoisotopic (exact) mass is 394 g/mol. The maximum atomic E-state index is 12.8. The Bertz CT molecular complexity index is 737. The van der Waals surface area contributed by atoms with Crippen LogP contribution >= 0.6 is 12.4 Å². The van der Waals surface area contributed by atoms with Crippen LogP contribution in [0, 0.1) is 5.92 Å². The molecule has 0 aromatic heterocycles. The van der Waals surface area contributed by atoms with Crippen LogP contribution in [0.1, 0.15) is 37.1 Å². The van der Waals surface area contributed by atoms with Gasteiger partial charge in [0.25, 0.3) is 0 Å². The minimum atomic E-state index is -1.00. The van der Waals surface area contributed by atoms with E-state index in [0.29, 0.717) is 0 Å². The number of nitrogens with two attached hydrogens (primary N) is 1. The number of nitrogens with zero attached hydrogens (tertiary/aromatic N) is 1. The number of amides is 1. The molecule has 0 saturated carbocycles. The molecule has 1 amide bonds. The van der Waals surface area contributed by atoms with Gasteiger partial charge in [-0.25, -0.2) is 0 Å². The van der Waals surface area contributed by atoms with E-state index in [1.54, 1.807) is 18.2 Å². The zero-order chi connectivity index (χ0) is 18.6. The summed E-state index contributed by atoms with van der Waals surface area (Å²) in [5.74, 6) is -0.315. The number of carbonyl (C=O) groups excluding carboxylic acids is 1. The van der Waals surface area contributed by atoms with Gasteiger partial charge in [-0.3, -0.25) is 9.00 Å². The van der Waals surface area contributed by atoms with E-state index in [9.17, 15) is 9.00 Å². The molecule has 6 heteroatoms. The Morgan fingerprint density at radius 3 is 2.04 bits per heavy atom. The minimum absolute atomic E-state index is 0. The lowest BCUT2D eigenvalue weighted by Gasteiger charge is -2.30. The molecule has 0 aliphatic rings. The Labute approximate surface area is 164 Å². The Kier molecular flexibility index (Phi) is 8.47. The van der Waals surface area contributed by atoms with Gasteiger partial charge in [-0.15, -0.1) is 12.4 Å². The molecule has 4 nitrogen and oxygen atoms in total. The first-order chi connectivity index (χ1) is 11.8. The highest BCUT2D eigenvalue weighted by Crippen LogP contribution is 2.26. The molecule has 4 unspecified atom stereocenters. The Balaban J connectivity index is 0.00000338. The van der Waals surface area contributed by atoms with Crippen molar-refractivity contribution < 1.29 is 9.00 Å². The third-order valence-corrected chi connectivity index (χ3v) is 5.67. The van der Waals surface area contributed by atoms with Crippen molar-refractivity contribution in [3.8, 4) is 0 Å². The van der Waals surface area contributed by atoms with Crippen LogP contribution in [0.5, 0.6) is 0 Å². The van der Waals surface area contributed by atoms with Gasteiger partial charge in [0, 0.05) is 35.0 Å². The molecule has 0 radical (unpaired) electrons. The first-order valence-corrected chi connectivity index (χ1v) is 9.89. The number of halogens is 1. The van der Waals surface area contributed by atoms with E-state index in [1.807, 2.05) is 68.4 Å². The highest BCUT2D eigenvalue weighted by molar-refractivity contribution is 7.84. The first-order valence-electron chi connectivity index (χ1n) is 8.33. The third-order valence-electron chi connectivity index (χ3n) is 4.74. The second-order valence-corrected chi connectivity index (χ2v) is 7.75. The zero-order valence-electron chi connectivity index (χ0n) is 15.6. The van der Waals surface area contributed by atoms with E-state index in [0.717, 1.165) is 16.0 Å². The van der Waals surface area contributed by atoms with Crippen LogP contribution in [0.2, 0.25) is 0 Å². The SMILES string of the molecule is CC(C(=O)N(C)C(C)c1ccc(S(C)=O)cc1)C(N)c1ccccc1.Cl. The normalized spacial score (nSPS) is 15.3. The van der Waals surface area contributed by atoms with Gasteiger partial charge in [-0.2, -0.15) is 0 Å². The van der Waals surface area contributed by atoms with Gasteiger partial charge in [0.1, 0.15) is 0 Å². The van der Waals surface area contributed by atoms with Gasteiger partial charge in [0.2, 0.25) is 5.91 Å². The predicted octanol–water partition coefficient (Wildman–Crippen LogP) is 3.70. The summed E-state index contributed by atoms with van der Waals surface area (Å²) in [5, 5.41) is 0. The van der Waals surface area contributed by atoms with Crippen molar-refractivity contribution in [2.75, 3.05) is 13.3 Å². The highest BCUT2D eigenvalue weighted by atomic mass is 35.5. The summed E-state index contributed by atoms with van der Waals surface area (Å²) in [6.07, 6.45) is 1.65. The molecule has 2 aromatic rings. The molecule has 0 saturated heterocycles. The van der Waals surface area contributed by atoms with Crippen LogP contribution in [-0.2, 0) is 15.6 Å². The zero-order valence-corrected chi connectivity index (χ0v) is 17.2. The fraction of sp³-hybridized carbons (Fsp3) is 0.350. The van der Waals surface area contributed by atoms with Crippen LogP contribution in [0.25, 0.3) is 0 Å². The lowest BCUT2D eigenvalue weighted by atomic mass is 9.93. The van der Waals surface area contributed by atoms with Crippen LogP contribution in [-0.4, -0.2) is 28.3 Å². The predicted molar refractivity (Wildman–Crippen MR) is 110 cm³/mol. The van der Waals surface area contributed by atoms with Gasteiger partial charge >= 0.3 is 0 Å². The number of benzene rings is 2. The van der Waals surface area contributed by atoms with E-state index in [1.165, 1.54) is 0 Å². The summed E-state index contributed by atoms with van der Waals surface area (Å²) in [5.41, 5.74) is 8.25. The summed E-state index contributed by atoms with van der Waals surface area (Å²) in [6, 6.07) is 16.8. The molecule has 0 aliphatic carbocycles. The fourth-order valence-electron chi connectivity index (χ4n) is 2.79. The molecule has 2 aromatic carbocycles. The molecule has 26 heavy (non-hydrogen) atoms. The van der Waals surface area contributed by atoms with Gasteiger partial charge in [0.15, 0.2) is 0 Å². The fourth-order valence-corrected chi connectivity index (χ4v) is 3.31. The Morgan fingerprint density at radius 2 is 1.54 bits per heavy atom. The summed E-state index contributed by atoms with van der Waals surface area (Å²) < 4.78 is 11.5. The van der Waals surface area contributed by atoms with Gasteiger partial charge in [0.05, 0.1) is 12.0 Å². The van der Waals surface area contributed by atoms with Crippen LogP contribution in [0.3, 0.4) is 0 Å². The molecule has 2 rings (SSSR count). The molecule has 0 aliphatic heterocycles. The molecular formula is C20H27ClN2O2S. The third kappa shape index (κ3) is 5.16. The molecule has 0 bridgehead atoms. The van der Waals surface area contributed by atoms with Crippen molar-refractivity contribution >= 4 is 29.1 Å². The van der Waals surface area contributed by atoms with E-state index >= 15 is 0 Å². The molecule has 0 heterocycles. The molecule has 0 spiro atoms. The smallest absolute Gasteiger partial charge is 0.227 e. The Hall–Kier alpha value is -1.69. The first kappa shape index (κ1) is 22.4. The summed E-state index contributed by atoms with van der Waals surface area (Å²) in [4.78, 5) is 15.4. The number of carbonyl (C=O) groups is 1. The second kappa shape index (κ2) is 9.86. The quantitative estimate of drug-likeness (QED) is 0.812. The van der Waals surface area contributed by atoms with Crippen LogP contribution < -0.4 is 5.73 Å². The van der Waals surface area contributed by atoms with Gasteiger partial charge in [-0.05, 0) is 30.2 Å². The lowest BCUT2D eigenvalue weighted by Crippen LogP contribution is -2.38. The lowest BCUT2D eigenvalue weighted by molar-refractivity contribution is -0.136. The van der Waals surface area contributed by atoms with Crippen LogP contribution in [0.4, 0.5) is 0 Å². The number of rotatable bonds is 6. The molecule has 142 valence electrons. The summed E-state index contributed by atoms with van der Waals surface area (Å²) in [6.45, 7) is 3.85. The average molecular weight is 395 g/mol. The second-order valence-electron chi connectivity index (χ2n) is 6.37.